The first-order chi connectivity index (χ1) is 7.15. The number of hydrogen-bond acceptors (Lipinski definition) is 2. The predicted molar refractivity (Wildman–Crippen MR) is 62.5 cm³/mol. The van der Waals surface area contributed by atoms with E-state index in [1.54, 1.807) is 25.3 Å². The summed E-state index contributed by atoms with van der Waals surface area (Å²) in [5.74, 6) is 0. The molecule has 0 heterocycles. The van der Waals surface area contributed by atoms with E-state index in [4.69, 9.17) is 27.9 Å². The normalized spacial score (nSPS) is 12.8. The lowest BCUT2D eigenvalue weighted by Gasteiger charge is -2.11. The summed E-state index contributed by atoms with van der Waals surface area (Å²) in [5, 5.41) is 10.8. The van der Waals surface area contributed by atoms with Crippen molar-refractivity contribution < 1.29 is 9.84 Å². The van der Waals surface area contributed by atoms with E-state index in [-0.39, 0.29) is 0 Å². The third-order valence-electron chi connectivity index (χ3n) is 2.15. The Morgan fingerprint density at radius 3 is 2.67 bits per heavy atom. The zero-order valence-corrected chi connectivity index (χ0v) is 10.1. The quantitative estimate of drug-likeness (QED) is 0.810. The van der Waals surface area contributed by atoms with Gasteiger partial charge in [0.1, 0.15) is 0 Å². The minimum absolute atomic E-state index is 0.472. The molecule has 2 nitrogen and oxygen atoms in total. The molecular formula is C11H14Cl2O2. The first-order valence-corrected chi connectivity index (χ1v) is 5.52. The number of aliphatic hydroxyl groups excluding tert-OH is 1. The van der Waals surface area contributed by atoms with Crippen molar-refractivity contribution in [1.29, 1.82) is 0 Å². The van der Waals surface area contributed by atoms with Crippen molar-refractivity contribution in [2.75, 3.05) is 13.7 Å². The molecule has 0 aliphatic rings. The minimum atomic E-state index is -0.505. The highest BCUT2D eigenvalue weighted by atomic mass is 35.5. The van der Waals surface area contributed by atoms with E-state index in [0.717, 1.165) is 12.0 Å². The Hall–Kier alpha value is -0.280. The smallest absolute Gasteiger partial charge is 0.0791 e. The van der Waals surface area contributed by atoms with Crippen LogP contribution in [0.2, 0.25) is 10.0 Å². The van der Waals surface area contributed by atoms with E-state index in [9.17, 15) is 5.11 Å². The average Bonchev–Trinajstić information content (AvgIpc) is 2.22. The molecule has 0 fully saturated rings. The first-order valence-electron chi connectivity index (χ1n) is 4.77. The highest BCUT2D eigenvalue weighted by molar-refractivity contribution is 6.42. The number of aliphatic hydroxyl groups is 1. The standard InChI is InChI=1S/C11H14Cl2O2/c1-15-6-2-3-11(14)8-4-5-9(12)10(13)7-8/h4-5,7,11,14H,2-3,6H2,1H3. The van der Waals surface area contributed by atoms with Crippen LogP contribution in [0.3, 0.4) is 0 Å². The molecule has 1 aromatic rings. The molecule has 0 saturated heterocycles. The van der Waals surface area contributed by atoms with Gasteiger partial charge in [-0.3, -0.25) is 0 Å². The maximum Gasteiger partial charge on any atom is 0.0791 e. The highest BCUT2D eigenvalue weighted by Crippen LogP contribution is 2.27. The third kappa shape index (κ3) is 3.99. The van der Waals surface area contributed by atoms with E-state index in [2.05, 4.69) is 0 Å². The van der Waals surface area contributed by atoms with Crippen LogP contribution in [0.25, 0.3) is 0 Å². The van der Waals surface area contributed by atoms with Gasteiger partial charge in [0.2, 0.25) is 0 Å². The van der Waals surface area contributed by atoms with Crippen LogP contribution < -0.4 is 0 Å². The van der Waals surface area contributed by atoms with Gasteiger partial charge in [-0.25, -0.2) is 0 Å². The minimum Gasteiger partial charge on any atom is -0.388 e. The molecule has 0 aliphatic heterocycles. The van der Waals surface area contributed by atoms with Gasteiger partial charge >= 0.3 is 0 Å². The van der Waals surface area contributed by atoms with Crippen molar-refractivity contribution in [3.8, 4) is 0 Å². The summed E-state index contributed by atoms with van der Waals surface area (Å²) in [7, 11) is 1.64. The molecule has 0 aliphatic carbocycles. The average molecular weight is 249 g/mol. The molecule has 1 N–H and O–H groups in total. The molecule has 1 aromatic carbocycles. The number of rotatable bonds is 5. The zero-order chi connectivity index (χ0) is 11.3. The first kappa shape index (κ1) is 12.8. The number of halogens is 2. The molecule has 0 saturated carbocycles. The van der Waals surface area contributed by atoms with Gasteiger partial charge in [0.05, 0.1) is 16.1 Å². The second kappa shape index (κ2) is 6.33. The van der Waals surface area contributed by atoms with Gasteiger partial charge in [0.15, 0.2) is 0 Å². The molecule has 0 aromatic heterocycles. The Kier molecular flexibility index (Phi) is 5.40. The van der Waals surface area contributed by atoms with Crippen molar-refractivity contribution >= 4 is 23.2 Å². The molecule has 4 heteroatoms. The van der Waals surface area contributed by atoms with Gasteiger partial charge in [0, 0.05) is 13.7 Å². The predicted octanol–water partition coefficient (Wildman–Crippen LogP) is 3.45. The molecule has 0 radical (unpaired) electrons. The van der Waals surface area contributed by atoms with Crippen LogP contribution in [-0.2, 0) is 4.74 Å². The largest absolute Gasteiger partial charge is 0.388 e. The number of methoxy groups -OCH3 is 1. The highest BCUT2D eigenvalue weighted by Gasteiger charge is 2.08. The van der Waals surface area contributed by atoms with Gasteiger partial charge < -0.3 is 9.84 Å². The maximum absolute atomic E-state index is 9.81. The Bertz CT molecular complexity index is 315. The van der Waals surface area contributed by atoms with E-state index < -0.39 is 6.10 Å². The molecular weight excluding hydrogens is 235 g/mol. The summed E-state index contributed by atoms with van der Waals surface area (Å²) in [4.78, 5) is 0. The van der Waals surface area contributed by atoms with Crippen LogP contribution in [0.4, 0.5) is 0 Å². The molecule has 0 spiro atoms. The topological polar surface area (TPSA) is 29.5 Å². The number of benzene rings is 1. The molecule has 0 amide bonds. The Labute approximate surface area is 99.8 Å². The monoisotopic (exact) mass is 248 g/mol. The molecule has 15 heavy (non-hydrogen) atoms. The van der Waals surface area contributed by atoms with Crippen LogP contribution in [0.1, 0.15) is 24.5 Å². The molecule has 1 unspecified atom stereocenters. The molecule has 1 atom stereocenters. The summed E-state index contributed by atoms with van der Waals surface area (Å²) < 4.78 is 4.91. The van der Waals surface area contributed by atoms with Crippen molar-refractivity contribution in [1.82, 2.24) is 0 Å². The summed E-state index contributed by atoms with van der Waals surface area (Å²) in [6, 6.07) is 5.17. The van der Waals surface area contributed by atoms with Gasteiger partial charge in [-0.2, -0.15) is 0 Å². The van der Waals surface area contributed by atoms with Gasteiger partial charge in [-0.15, -0.1) is 0 Å². The van der Waals surface area contributed by atoms with Crippen LogP contribution in [0, 0.1) is 0 Å². The maximum atomic E-state index is 9.81. The Balaban J connectivity index is 2.57. The number of ether oxygens (including phenoxy) is 1. The van der Waals surface area contributed by atoms with Crippen molar-refractivity contribution in [3.05, 3.63) is 33.8 Å². The number of hydrogen-bond donors (Lipinski definition) is 1. The van der Waals surface area contributed by atoms with Crippen LogP contribution in [0.5, 0.6) is 0 Å². The lowest BCUT2D eigenvalue weighted by atomic mass is 10.1. The third-order valence-corrected chi connectivity index (χ3v) is 2.89. The van der Waals surface area contributed by atoms with E-state index >= 15 is 0 Å². The summed E-state index contributed by atoms with van der Waals surface area (Å²) in [6.07, 6.45) is 0.971. The van der Waals surface area contributed by atoms with E-state index in [1.807, 2.05) is 0 Å². The lowest BCUT2D eigenvalue weighted by molar-refractivity contribution is 0.136. The van der Waals surface area contributed by atoms with Gasteiger partial charge in [-0.1, -0.05) is 29.3 Å². The van der Waals surface area contributed by atoms with Crippen LogP contribution in [0.15, 0.2) is 18.2 Å². The SMILES string of the molecule is COCCCC(O)c1ccc(Cl)c(Cl)c1. The van der Waals surface area contributed by atoms with Crippen LogP contribution >= 0.6 is 23.2 Å². The van der Waals surface area contributed by atoms with Crippen molar-refractivity contribution in [2.24, 2.45) is 0 Å². The molecule has 0 bridgehead atoms. The second-order valence-electron chi connectivity index (χ2n) is 3.32. The molecule has 84 valence electrons. The lowest BCUT2D eigenvalue weighted by Crippen LogP contribution is -1.99. The molecule has 1 rings (SSSR count). The van der Waals surface area contributed by atoms with Crippen molar-refractivity contribution in [3.63, 3.8) is 0 Å². The van der Waals surface area contributed by atoms with Crippen molar-refractivity contribution in [2.45, 2.75) is 18.9 Å². The Morgan fingerprint density at radius 1 is 1.33 bits per heavy atom. The Morgan fingerprint density at radius 2 is 2.07 bits per heavy atom. The van der Waals surface area contributed by atoms with Gasteiger partial charge in [-0.05, 0) is 30.5 Å². The van der Waals surface area contributed by atoms with Gasteiger partial charge in [0.25, 0.3) is 0 Å². The fourth-order valence-electron chi connectivity index (χ4n) is 1.31. The fourth-order valence-corrected chi connectivity index (χ4v) is 1.61. The summed E-state index contributed by atoms with van der Waals surface area (Å²) in [5.41, 5.74) is 0.792. The zero-order valence-electron chi connectivity index (χ0n) is 8.54. The van der Waals surface area contributed by atoms with E-state index in [1.165, 1.54) is 0 Å². The summed E-state index contributed by atoms with van der Waals surface area (Å²) in [6.45, 7) is 0.651. The van der Waals surface area contributed by atoms with Crippen LogP contribution in [-0.4, -0.2) is 18.8 Å². The summed E-state index contributed by atoms with van der Waals surface area (Å²) >= 11 is 11.6. The second-order valence-corrected chi connectivity index (χ2v) is 4.14. The fraction of sp³-hybridized carbons (Fsp3) is 0.455. The van der Waals surface area contributed by atoms with E-state index in [0.29, 0.717) is 23.1 Å².